The summed E-state index contributed by atoms with van der Waals surface area (Å²) in [4.78, 5) is 0.298. The lowest BCUT2D eigenvalue weighted by atomic mass is 10.2. The van der Waals surface area contributed by atoms with Gasteiger partial charge in [0.2, 0.25) is 10.0 Å². The van der Waals surface area contributed by atoms with Gasteiger partial charge in [-0.15, -0.1) is 0 Å². The fraction of sp³-hybridized carbons (Fsp3) is 0.438. The molecule has 0 amide bonds. The molecule has 126 valence electrons. The zero-order valence-corrected chi connectivity index (χ0v) is 15.1. The first-order chi connectivity index (χ1) is 10.7. The minimum absolute atomic E-state index is 0.0906. The first kappa shape index (κ1) is 17.5. The second-order valence-corrected chi connectivity index (χ2v) is 7.89. The summed E-state index contributed by atoms with van der Waals surface area (Å²) in [6, 6.07) is 7.01. The maximum atomic E-state index is 12.6. The number of aromatic nitrogens is 2. The van der Waals surface area contributed by atoms with Gasteiger partial charge in [-0.3, -0.25) is 4.68 Å². The molecule has 0 aliphatic carbocycles. The monoisotopic (exact) mass is 336 g/mol. The molecule has 2 aromatic rings. The van der Waals surface area contributed by atoms with Gasteiger partial charge in [-0.05, 0) is 44.5 Å². The van der Waals surface area contributed by atoms with Crippen molar-refractivity contribution in [2.75, 3.05) is 12.4 Å². The highest BCUT2D eigenvalue weighted by atomic mass is 32.2. The molecule has 0 radical (unpaired) electrons. The molecule has 1 N–H and O–H groups in total. The number of sulfonamides is 1. The maximum absolute atomic E-state index is 12.6. The van der Waals surface area contributed by atoms with Crippen LogP contribution in [0, 0.1) is 6.92 Å². The molecule has 0 aliphatic rings. The molecule has 0 aliphatic heterocycles. The van der Waals surface area contributed by atoms with Gasteiger partial charge >= 0.3 is 0 Å². The van der Waals surface area contributed by atoms with Crippen molar-refractivity contribution < 1.29 is 8.42 Å². The maximum Gasteiger partial charge on any atom is 0.243 e. The fourth-order valence-electron chi connectivity index (χ4n) is 2.16. The van der Waals surface area contributed by atoms with Gasteiger partial charge in [0.05, 0.1) is 17.1 Å². The van der Waals surface area contributed by atoms with Crippen molar-refractivity contribution in [3.63, 3.8) is 0 Å². The second kappa shape index (κ2) is 6.72. The predicted octanol–water partition coefficient (Wildman–Crippen LogP) is 2.37. The van der Waals surface area contributed by atoms with Crippen molar-refractivity contribution in [1.29, 1.82) is 0 Å². The van der Waals surface area contributed by atoms with Gasteiger partial charge in [0.15, 0.2) is 0 Å². The first-order valence-electron chi connectivity index (χ1n) is 7.53. The molecular weight excluding hydrogens is 312 g/mol. The van der Waals surface area contributed by atoms with Crippen LogP contribution in [-0.4, -0.2) is 35.6 Å². The van der Waals surface area contributed by atoms with Crippen LogP contribution in [0.1, 0.15) is 25.1 Å². The summed E-state index contributed by atoms with van der Waals surface area (Å²) < 4.78 is 28.4. The normalized spacial score (nSPS) is 12.1. The lowest BCUT2D eigenvalue weighted by Crippen LogP contribution is -2.33. The largest absolute Gasteiger partial charge is 0.379 e. The Morgan fingerprint density at radius 2 is 2.00 bits per heavy atom. The Labute approximate surface area is 138 Å². The third kappa shape index (κ3) is 3.73. The zero-order valence-electron chi connectivity index (χ0n) is 14.2. The Morgan fingerprint density at radius 1 is 1.30 bits per heavy atom. The molecule has 0 bridgehead atoms. The first-order valence-corrected chi connectivity index (χ1v) is 8.97. The van der Waals surface area contributed by atoms with Gasteiger partial charge in [0.1, 0.15) is 0 Å². The highest BCUT2D eigenvalue weighted by Crippen LogP contribution is 2.23. The topological polar surface area (TPSA) is 67.2 Å². The van der Waals surface area contributed by atoms with Crippen molar-refractivity contribution in [3.8, 4) is 0 Å². The Morgan fingerprint density at radius 3 is 2.57 bits per heavy atom. The summed E-state index contributed by atoms with van der Waals surface area (Å²) in [6.45, 7) is 6.25. The van der Waals surface area contributed by atoms with Crippen LogP contribution in [0.25, 0.3) is 0 Å². The summed E-state index contributed by atoms with van der Waals surface area (Å²) >= 11 is 0. The number of nitrogens with zero attached hydrogens (tertiary/aromatic N) is 3. The number of aryl methyl sites for hydroxylation is 2. The third-order valence-electron chi connectivity index (χ3n) is 4.00. The quantitative estimate of drug-likeness (QED) is 0.879. The van der Waals surface area contributed by atoms with Crippen molar-refractivity contribution in [2.45, 2.75) is 38.3 Å². The molecule has 0 saturated carbocycles. The predicted molar refractivity (Wildman–Crippen MR) is 91.8 cm³/mol. The number of anilines is 1. The highest BCUT2D eigenvalue weighted by Gasteiger charge is 2.23. The van der Waals surface area contributed by atoms with E-state index in [0.717, 1.165) is 16.9 Å². The summed E-state index contributed by atoms with van der Waals surface area (Å²) in [5.74, 6) is 0. The average molecular weight is 336 g/mol. The van der Waals surface area contributed by atoms with Gasteiger partial charge in [0.25, 0.3) is 0 Å². The second-order valence-electron chi connectivity index (χ2n) is 5.89. The van der Waals surface area contributed by atoms with E-state index in [1.165, 1.54) is 4.31 Å². The summed E-state index contributed by atoms with van der Waals surface area (Å²) in [5, 5.41) is 7.42. The Kier molecular flexibility index (Phi) is 5.11. The minimum atomic E-state index is -3.48. The fourth-order valence-corrected chi connectivity index (χ4v) is 3.55. The molecule has 7 heteroatoms. The van der Waals surface area contributed by atoms with Gasteiger partial charge in [-0.1, -0.05) is 6.07 Å². The Hall–Kier alpha value is -1.86. The number of nitrogens with one attached hydrogen (secondary N) is 1. The van der Waals surface area contributed by atoms with E-state index in [1.807, 2.05) is 40.0 Å². The van der Waals surface area contributed by atoms with Crippen molar-refractivity contribution in [1.82, 2.24) is 14.1 Å². The van der Waals surface area contributed by atoms with Crippen LogP contribution in [0.2, 0.25) is 0 Å². The summed E-state index contributed by atoms with van der Waals surface area (Å²) in [7, 11) is -0.00487. The smallest absolute Gasteiger partial charge is 0.243 e. The Bertz CT molecular complexity index is 781. The van der Waals surface area contributed by atoms with Gasteiger partial charge in [-0.25, -0.2) is 8.42 Å². The van der Waals surface area contributed by atoms with Crippen LogP contribution in [0.4, 0.5) is 5.69 Å². The average Bonchev–Trinajstić information content (AvgIpc) is 2.90. The van der Waals surface area contributed by atoms with E-state index in [-0.39, 0.29) is 6.04 Å². The highest BCUT2D eigenvalue weighted by molar-refractivity contribution is 7.89. The Balaban J connectivity index is 2.27. The van der Waals surface area contributed by atoms with E-state index < -0.39 is 10.0 Å². The molecule has 1 aromatic carbocycles. The van der Waals surface area contributed by atoms with Crippen molar-refractivity contribution >= 4 is 15.7 Å². The van der Waals surface area contributed by atoms with E-state index in [4.69, 9.17) is 0 Å². The van der Waals surface area contributed by atoms with Crippen LogP contribution in [0.15, 0.2) is 35.4 Å². The zero-order chi connectivity index (χ0) is 17.2. The molecule has 23 heavy (non-hydrogen) atoms. The summed E-state index contributed by atoms with van der Waals surface area (Å²) in [5.41, 5.74) is 2.83. The van der Waals surface area contributed by atoms with Crippen LogP contribution < -0.4 is 5.32 Å². The summed E-state index contributed by atoms with van der Waals surface area (Å²) in [6.07, 6.45) is 1.74. The third-order valence-corrected chi connectivity index (χ3v) is 6.03. The molecule has 6 nitrogen and oxygen atoms in total. The number of hydrogen-bond donors (Lipinski definition) is 1. The molecule has 1 heterocycles. The molecule has 0 fully saturated rings. The van der Waals surface area contributed by atoms with E-state index in [9.17, 15) is 8.42 Å². The van der Waals surface area contributed by atoms with Crippen LogP contribution in [0.3, 0.4) is 0 Å². The van der Waals surface area contributed by atoms with E-state index in [1.54, 1.807) is 30.1 Å². The van der Waals surface area contributed by atoms with Crippen LogP contribution >= 0.6 is 0 Å². The molecule has 0 atom stereocenters. The van der Waals surface area contributed by atoms with Crippen molar-refractivity contribution in [2.24, 2.45) is 7.05 Å². The standard InChI is InChI=1S/C16H24N4O2S/c1-12(2)20(5)23(21,22)15-7-6-13(3)16(10-15)17-11-14-8-9-18-19(14)4/h6-10,12,17H,11H2,1-5H3. The number of hydrogen-bond acceptors (Lipinski definition) is 4. The van der Waals surface area contributed by atoms with E-state index in [2.05, 4.69) is 10.4 Å². The number of benzene rings is 1. The minimum Gasteiger partial charge on any atom is -0.379 e. The lowest BCUT2D eigenvalue weighted by molar-refractivity contribution is 0.410. The molecular formula is C16H24N4O2S. The molecule has 2 rings (SSSR count). The SMILES string of the molecule is Cc1ccc(S(=O)(=O)N(C)C(C)C)cc1NCc1ccnn1C. The molecule has 1 aromatic heterocycles. The number of rotatable bonds is 6. The van der Waals surface area contributed by atoms with Gasteiger partial charge in [-0.2, -0.15) is 9.40 Å². The van der Waals surface area contributed by atoms with Crippen molar-refractivity contribution in [3.05, 3.63) is 41.7 Å². The molecule has 0 unspecified atom stereocenters. The van der Waals surface area contributed by atoms with Gasteiger partial charge in [0, 0.05) is 32.0 Å². The van der Waals surface area contributed by atoms with Crippen LogP contribution in [0.5, 0.6) is 0 Å². The van der Waals surface area contributed by atoms with Gasteiger partial charge < -0.3 is 5.32 Å². The van der Waals surface area contributed by atoms with Crippen LogP contribution in [-0.2, 0) is 23.6 Å². The lowest BCUT2D eigenvalue weighted by Gasteiger charge is -2.21. The molecule has 0 saturated heterocycles. The van der Waals surface area contributed by atoms with E-state index in [0.29, 0.717) is 11.4 Å². The molecule has 0 spiro atoms. The van der Waals surface area contributed by atoms with E-state index >= 15 is 0 Å².